The zero-order chi connectivity index (χ0) is 9.84. The summed E-state index contributed by atoms with van der Waals surface area (Å²) in [5, 5.41) is 0. The molecule has 0 aliphatic rings. The molecule has 1 rings (SSSR count). The second-order valence-electron chi connectivity index (χ2n) is 3.47. The largest absolute Gasteiger partial charge is 0.298 e. The fourth-order valence-corrected chi connectivity index (χ4v) is 1.36. The van der Waals surface area contributed by atoms with Crippen molar-refractivity contribution in [1.29, 1.82) is 0 Å². The van der Waals surface area contributed by atoms with E-state index in [2.05, 4.69) is 52.8 Å². The number of hydrogen-bond acceptors (Lipinski definition) is 2. The lowest BCUT2D eigenvalue weighted by molar-refractivity contribution is 0.262. The number of rotatable bonds is 3. The van der Waals surface area contributed by atoms with Crippen molar-refractivity contribution in [3.63, 3.8) is 0 Å². The number of nitrogens with zero attached hydrogens (tertiary/aromatic N) is 2. The van der Waals surface area contributed by atoms with Gasteiger partial charge in [0.25, 0.3) is 0 Å². The highest BCUT2D eigenvalue weighted by molar-refractivity contribution is 9.10. The molecule has 0 aromatic carbocycles. The molecular formula is C10H15BrN2. The average Bonchev–Trinajstić information content (AvgIpc) is 2.04. The first-order chi connectivity index (χ1) is 6.09. The maximum atomic E-state index is 4.29. The van der Waals surface area contributed by atoms with E-state index in [-0.39, 0.29) is 0 Å². The average molecular weight is 243 g/mol. The van der Waals surface area contributed by atoms with Gasteiger partial charge in [0.1, 0.15) is 0 Å². The second kappa shape index (κ2) is 4.72. The van der Waals surface area contributed by atoms with E-state index in [1.807, 2.05) is 12.3 Å². The van der Waals surface area contributed by atoms with Crippen molar-refractivity contribution in [3.05, 3.63) is 28.5 Å². The quantitative estimate of drug-likeness (QED) is 0.811. The second-order valence-corrected chi connectivity index (χ2v) is 4.39. The lowest BCUT2D eigenvalue weighted by atomic mass is 10.3. The van der Waals surface area contributed by atoms with Crippen LogP contribution in [0.1, 0.15) is 19.5 Å². The molecule has 1 heterocycles. The Hall–Kier alpha value is -0.410. The topological polar surface area (TPSA) is 16.1 Å². The molecule has 13 heavy (non-hydrogen) atoms. The van der Waals surface area contributed by atoms with E-state index in [0.29, 0.717) is 6.04 Å². The summed E-state index contributed by atoms with van der Waals surface area (Å²) in [6, 6.07) is 4.55. The number of hydrogen-bond donors (Lipinski definition) is 0. The van der Waals surface area contributed by atoms with Gasteiger partial charge >= 0.3 is 0 Å². The van der Waals surface area contributed by atoms with Gasteiger partial charge in [0.15, 0.2) is 0 Å². The van der Waals surface area contributed by atoms with Crippen molar-refractivity contribution in [2.75, 3.05) is 7.05 Å². The van der Waals surface area contributed by atoms with Gasteiger partial charge in [0, 0.05) is 23.3 Å². The van der Waals surface area contributed by atoms with Crippen LogP contribution in [0.4, 0.5) is 0 Å². The van der Waals surface area contributed by atoms with Gasteiger partial charge in [-0.3, -0.25) is 9.88 Å². The van der Waals surface area contributed by atoms with E-state index < -0.39 is 0 Å². The van der Waals surface area contributed by atoms with E-state index in [1.165, 1.54) is 0 Å². The fourth-order valence-electron chi connectivity index (χ4n) is 0.973. The van der Waals surface area contributed by atoms with Gasteiger partial charge in [-0.2, -0.15) is 0 Å². The standard InChI is InChI=1S/C10H15BrN2/c1-8(2)13(3)7-10-6-9(11)4-5-12-10/h4-6,8H,7H2,1-3H3. The van der Waals surface area contributed by atoms with Crippen molar-refractivity contribution < 1.29 is 0 Å². The van der Waals surface area contributed by atoms with Crippen LogP contribution in [0.2, 0.25) is 0 Å². The highest BCUT2D eigenvalue weighted by atomic mass is 79.9. The van der Waals surface area contributed by atoms with E-state index in [4.69, 9.17) is 0 Å². The molecule has 0 unspecified atom stereocenters. The molecule has 0 bridgehead atoms. The molecule has 2 nitrogen and oxygen atoms in total. The molecule has 0 aliphatic heterocycles. The van der Waals surface area contributed by atoms with Gasteiger partial charge in [-0.05, 0) is 33.0 Å². The lowest BCUT2D eigenvalue weighted by Gasteiger charge is -2.20. The molecular weight excluding hydrogens is 228 g/mol. The molecule has 1 aromatic heterocycles. The van der Waals surface area contributed by atoms with Crippen LogP contribution in [-0.2, 0) is 6.54 Å². The van der Waals surface area contributed by atoms with Crippen molar-refractivity contribution in [2.45, 2.75) is 26.4 Å². The third-order valence-corrected chi connectivity index (χ3v) is 2.56. The molecule has 0 saturated heterocycles. The molecule has 0 amide bonds. The van der Waals surface area contributed by atoms with Crippen LogP contribution in [-0.4, -0.2) is 23.0 Å². The predicted molar refractivity (Wildman–Crippen MR) is 58.5 cm³/mol. The highest BCUT2D eigenvalue weighted by Gasteiger charge is 2.04. The Morgan fingerprint density at radius 2 is 2.23 bits per heavy atom. The van der Waals surface area contributed by atoms with E-state index in [9.17, 15) is 0 Å². The fraction of sp³-hybridized carbons (Fsp3) is 0.500. The van der Waals surface area contributed by atoms with E-state index in [0.717, 1.165) is 16.7 Å². The number of halogens is 1. The molecule has 3 heteroatoms. The summed E-state index contributed by atoms with van der Waals surface area (Å²) in [4.78, 5) is 6.55. The third kappa shape index (κ3) is 3.44. The SMILES string of the molecule is CC(C)N(C)Cc1cc(Br)ccn1. The molecule has 1 aromatic rings. The van der Waals surface area contributed by atoms with Crippen molar-refractivity contribution in [3.8, 4) is 0 Å². The smallest absolute Gasteiger partial charge is 0.0555 e. The Kier molecular flexibility index (Phi) is 3.88. The van der Waals surface area contributed by atoms with Crippen LogP contribution >= 0.6 is 15.9 Å². The molecule has 0 N–H and O–H groups in total. The van der Waals surface area contributed by atoms with Crippen molar-refractivity contribution >= 4 is 15.9 Å². The van der Waals surface area contributed by atoms with Crippen molar-refractivity contribution in [2.24, 2.45) is 0 Å². The summed E-state index contributed by atoms with van der Waals surface area (Å²) >= 11 is 3.43. The Labute approximate surface area is 88.1 Å². The highest BCUT2D eigenvalue weighted by Crippen LogP contribution is 2.11. The first-order valence-corrected chi connectivity index (χ1v) is 5.19. The summed E-state index contributed by atoms with van der Waals surface area (Å²) in [6.45, 7) is 5.26. The monoisotopic (exact) mass is 242 g/mol. The van der Waals surface area contributed by atoms with Gasteiger partial charge in [0.2, 0.25) is 0 Å². The van der Waals surface area contributed by atoms with Gasteiger partial charge < -0.3 is 0 Å². The molecule has 0 fully saturated rings. The van der Waals surface area contributed by atoms with Crippen LogP contribution in [0.3, 0.4) is 0 Å². The number of pyridine rings is 1. The van der Waals surface area contributed by atoms with Gasteiger partial charge in [-0.25, -0.2) is 0 Å². The summed E-state index contributed by atoms with van der Waals surface area (Å²) in [6.07, 6.45) is 1.83. The molecule has 0 aliphatic carbocycles. The minimum atomic E-state index is 0.556. The predicted octanol–water partition coefficient (Wildman–Crippen LogP) is 2.68. The van der Waals surface area contributed by atoms with Crippen LogP contribution in [0.15, 0.2) is 22.8 Å². The zero-order valence-electron chi connectivity index (χ0n) is 8.29. The van der Waals surface area contributed by atoms with Gasteiger partial charge in [-0.1, -0.05) is 15.9 Å². The minimum absolute atomic E-state index is 0.556. The van der Waals surface area contributed by atoms with Crippen LogP contribution in [0.25, 0.3) is 0 Å². The maximum Gasteiger partial charge on any atom is 0.0555 e. The normalized spacial score (nSPS) is 11.2. The first-order valence-electron chi connectivity index (χ1n) is 4.40. The van der Waals surface area contributed by atoms with E-state index >= 15 is 0 Å². The molecule has 0 saturated carbocycles. The first kappa shape index (κ1) is 10.7. The third-order valence-electron chi connectivity index (χ3n) is 2.07. The van der Waals surface area contributed by atoms with E-state index in [1.54, 1.807) is 0 Å². The zero-order valence-corrected chi connectivity index (χ0v) is 9.87. The number of aromatic nitrogens is 1. The summed E-state index contributed by atoms with van der Waals surface area (Å²) < 4.78 is 1.09. The summed E-state index contributed by atoms with van der Waals surface area (Å²) in [7, 11) is 2.10. The Bertz CT molecular complexity index is 273. The van der Waals surface area contributed by atoms with Crippen LogP contribution in [0, 0.1) is 0 Å². The summed E-state index contributed by atoms with van der Waals surface area (Å²) in [5.41, 5.74) is 1.10. The summed E-state index contributed by atoms with van der Waals surface area (Å²) in [5.74, 6) is 0. The van der Waals surface area contributed by atoms with Crippen LogP contribution < -0.4 is 0 Å². The molecule has 0 radical (unpaired) electrons. The molecule has 0 atom stereocenters. The lowest BCUT2D eigenvalue weighted by Crippen LogP contribution is -2.25. The van der Waals surface area contributed by atoms with Gasteiger partial charge in [0.05, 0.1) is 5.69 Å². The van der Waals surface area contributed by atoms with Crippen LogP contribution in [0.5, 0.6) is 0 Å². The Morgan fingerprint density at radius 1 is 1.54 bits per heavy atom. The Morgan fingerprint density at radius 3 is 2.77 bits per heavy atom. The van der Waals surface area contributed by atoms with Crippen molar-refractivity contribution in [1.82, 2.24) is 9.88 Å². The van der Waals surface area contributed by atoms with Gasteiger partial charge in [-0.15, -0.1) is 0 Å². The molecule has 0 spiro atoms. The minimum Gasteiger partial charge on any atom is -0.298 e. The molecule has 72 valence electrons. The Balaban J connectivity index is 2.64. The maximum absolute atomic E-state index is 4.29.